The maximum absolute atomic E-state index is 12.5. The van der Waals surface area contributed by atoms with E-state index in [2.05, 4.69) is 31.9 Å². The summed E-state index contributed by atoms with van der Waals surface area (Å²) in [5.74, 6) is -3.85. The van der Waals surface area contributed by atoms with Crippen LogP contribution in [-0.2, 0) is 23.9 Å². The molecule has 0 saturated heterocycles. The van der Waals surface area contributed by atoms with Gasteiger partial charge < -0.3 is 14.2 Å². The molecule has 0 N–H and O–H groups in total. The lowest BCUT2D eigenvalue weighted by atomic mass is 9.67. The molecule has 0 aromatic heterocycles. The number of hydrogen-bond donors (Lipinski definition) is 0. The number of ether oxygens (including phenoxy) is 3. The van der Waals surface area contributed by atoms with Crippen LogP contribution in [0.5, 0.6) is 5.75 Å². The molecule has 1 aromatic carbocycles. The van der Waals surface area contributed by atoms with E-state index in [9.17, 15) is 14.4 Å². The Balaban J connectivity index is 2.75. The average molecular weight is 464 g/mol. The first-order valence-electron chi connectivity index (χ1n) is 7.02. The number of esters is 3. The number of fused-ring (bicyclic) bond motifs is 1. The summed E-state index contributed by atoms with van der Waals surface area (Å²) in [6.07, 6.45) is 0. The molecule has 2 atom stereocenters. The molecule has 0 aliphatic carbocycles. The molecular formula is C16H16Br2O6. The monoisotopic (exact) mass is 462 g/mol. The van der Waals surface area contributed by atoms with E-state index < -0.39 is 35.2 Å². The van der Waals surface area contributed by atoms with E-state index in [4.69, 9.17) is 14.2 Å². The third-order valence-corrected chi connectivity index (χ3v) is 5.15. The van der Waals surface area contributed by atoms with Gasteiger partial charge in [0.25, 0.3) is 0 Å². The van der Waals surface area contributed by atoms with Crippen LogP contribution in [0.4, 0.5) is 0 Å². The van der Waals surface area contributed by atoms with Crippen LogP contribution in [0.2, 0.25) is 0 Å². The molecule has 1 aliphatic rings. The van der Waals surface area contributed by atoms with E-state index in [1.165, 1.54) is 14.2 Å². The fourth-order valence-electron chi connectivity index (χ4n) is 2.95. The van der Waals surface area contributed by atoms with Crippen LogP contribution in [0.25, 0.3) is 0 Å². The normalized spacial score (nSPS) is 20.0. The molecular weight excluding hydrogens is 448 g/mol. The van der Waals surface area contributed by atoms with E-state index >= 15 is 0 Å². The van der Waals surface area contributed by atoms with Crippen molar-refractivity contribution >= 4 is 49.8 Å². The molecule has 2 unspecified atom stereocenters. The average Bonchev–Trinajstić information content (AvgIpc) is 2.52. The van der Waals surface area contributed by atoms with Gasteiger partial charge in [0, 0.05) is 16.0 Å². The van der Waals surface area contributed by atoms with Crippen LogP contribution in [0.1, 0.15) is 25.3 Å². The fraction of sp³-hybridized carbons (Fsp3) is 0.438. The number of carbonyl (C=O) groups excluding carboxylic acids is 3. The van der Waals surface area contributed by atoms with Crippen molar-refractivity contribution in [2.45, 2.75) is 19.8 Å². The van der Waals surface area contributed by atoms with Crippen LogP contribution in [0.3, 0.4) is 0 Å². The number of methoxy groups -OCH3 is 2. The standard InChI is InChI=1S/C16H16Br2O6/c1-16(2,15(21)23-4)11-8-5-7(17)6-9(18)12(8)24-14(20)10(11)13(19)22-3/h5-6,10-11H,1-4H3. The summed E-state index contributed by atoms with van der Waals surface area (Å²) in [7, 11) is 2.44. The van der Waals surface area contributed by atoms with E-state index in [-0.39, 0.29) is 5.75 Å². The number of hydrogen-bond acceptors (Lipinski definition) is 6. The summed E-state index contributed by atoms with van der Waals surface area (Å²) in [6.45, 7) is 3.24. The third kappa shape index (κ3) is 3.09. The molecule has 1 aliphatic heterocycles. The van der Waals surface area contributed by atoms with E-state index in [1.54, 1.807) is 26.0 Å². The quantitative estimate of drug-likeness (QED) is 0.389. The van der Waals surface area contributed by atoms with Crippen LogP contribution in [0.15, 0.2) is 21.1 Å². The van der Waals surface area contributed by atoms with Crippen molar-refractivity contribution in [3.05, 3.63) is 26.6 Å². The van der Waals surface area contributed by atoms with Gasteiger partial charge >= 0.3 is 17.9 Å². The van der Waals surface area contributed by atoms with Gasteiger partial charge in [-0.15, -0.1) is 0 Å². The Hall–Kier alpha value is -1.41. The van der Waals surface area contributed by atoms with Crippen LogP contribution in [0, 0.1) is 11.3 Å². The Kier molecular flexibility index (Phi) is 5.39. The van der Waals surface area contributed by atoms with E-state index in [1.807, 2.05) is 0 Å². The second-order valence-electron chi connectivity index (χ2n) is 5.92. The number of carbonyl (C=O) groups is 3. The molecule has 0 fully saturated rings. The molecule has 1 aromatic rings. The lowest BCUT2D eigenvalue weighted by molar-refractivity contribution is -0.164. The van der Waals surface area contributed by atoms with E-state index in [0.717, 1.165) is 0 Å². The molecule has 8 heteroatoms. The van der Waals surface area contributed by atoms with Gasteiger partial charge in [-0.05, 0) is 41.9 Å². The molecule has 0 amide bonds. The molecule has 1 heterocycles. The second kappa shape index (κ2) is 6.84. The van der Waals surface area contributed by atoms with Crippen molar-refractivity contribution in [2.24, 2.45) is 11.3 Å². The second-order valence-corrected chi connectivity index (χ2v) is 7.69. The first-order valence-corrected chi connectivity index (χ1v) is 8.60. The summed E-state index contributed by atoms with van der Waals surface area (Å²) in [5.41, 5.74) is -0.621. The lowest BCUT2D eigenvalue weighted by Crippen LogP contribution is -2.46. The Morgan fingerprint density at radius 2 is 1.79 bits per heavy atom. The summed E-state index contributed by atoms with van der Waals surface area (Å²) in [5, 5.41) is 0. The topological polar surface area (TPSA) is 78.9 Å². The van der Waals surface area contributed by atoms with Crippen molar-refractivity contribution in [3.63, 3.8) is 0 Å². The van der Waals surface area contributed by atoms with Gasteiger partial charge in [0.2, 0.25) is 0 Å². The predicted molar refractivity (Wildman–Crippen MR) is 91.5 cm³/mol. The summed E-state index contributed by atoms with van der Waals surface area (Å²) >= 11 is 6.72. The van der Waals surface area contributed by atoms with Gasteiger partial charge in [0.05, 0.1) is 24.1 Å². The van der Waals surface area contributed by atoms with Crippen molar-refractivity contribution in [1.82, 2.24) is 0 Å². The molecule has 24 heavy (non-hydrogen) atoms. The molecule has 2 rings (SSSR count). The predicted octanol–water partition coefficient (Wildman–Crippen LogP) is 3.20. The number of halogens is 2. The highest BCUT2D eigenvalue weighted by atomic mass is 79.9. The molecule has 0 spiro atoms. The highest BCUT2D eigenvalue weighted by Crippen LogP contribution is 2.51. The maximum Gasteiger partial charge on any atom is 0.326 e. The van der Waals surface area contributed by atoms with Crippen LogP contribution < -0.4 is 4.74 Å². The van der Waals surface area contributed by atoms with Crippen molar-refractivity contribution in [2.75, 3.05) is 14.2 Å². The SMILES string of the molecule is COC(=O)C1C(=O)Oc2c(Br)cc(Br)cc2C1C(C)(C)C(=O)OC. The van der Waals surface area contributed by atoms with Gasteiger partial charge in [0.1, 0.15) is 5.75 Å². The smallest absolute Gasteiger partial charge is 0.326 e. The molecule has 0 saturated carbocycles. The lowest BCUT2D eigenvalue weighted by Gasteiger charge is -2.39. The Bertz CT molecular complexity index is 713. The zero-order valence-corrected chi connectivity index (χ0v) is 16.7. The third-order valence-electron chi connectivity index (χ3n) is 4.11. The van der Waals surface area contributed by atoms with Gasteiger partial charge in [-0.25, -0.2) is 0 Å². The molecule has 0 radical (unpaired) electrons. The minimum Gasteiger partial charge on any atom is -0.469 e. The van der Waals surface area contributed by atoms with Crippen molar-refractivity contribution < 1.29 is 28.6 Å². The zero-order chi connectivity index (χ0) is 18.2. The Morgan fingerprint density at radius 1 is 1.17 bits per heavy atom. The van der Waals surface area contributed by atoms with Crippen LogP contribution in [-0.4, -0.2) is 32.1 Å². The van der Waals surface area contributed by atoms with Gasteiger partial charge in [-0.2, -0.15) is 0 Å². The van der Waals surface area contributed by atoms with Crippen LogP contribution >= 0.6 is 31.9 Å². The van der Waals surface area contributed by atoms with Gasteiger partial charge in [-0.1, -0.05) is 15.9 Å². The highest BCUT2D eigenvalue weighted by molar-refractivity contribution is 9.11. The van der Waals surface area contributed by atoms with Gasteiger partial charge in [0.15, 0.2) is 5.92 Å². The first kappa shape index (κ1) is 18.9. The molecule has 130 valence electrons. The first-order chi connectivity index (χ1) is 11.1. The highest BCUT2D eigenvalue weighted by Gasteiger charge is 2.54. The largest absolute Gasteiger partial charge is 0.469 e. The summed E-state index contributed by atoms with van der Waals surface area (Å²) in [4.78, 5) is 37.0. The number of benzene rings is 1. The Morgan fingerprint density at radius 3 is 2.33 bits per heavy atom. The fourth-order valence-corrected chi connectivity index (χ4v) is 4.29. The molecule has 6 nitrogen and oxygen atoms in total. The molecule has 0 bridgehead atoms. The van der Waals surface area contributed by atoms with E-state index in [0.29, 0.717) is 14.5 Å². The summed E-state index contributed by atoms with van der Waals surface area (Å²) < 4.78 is 16.2. The van der Waals surface area contributed by atoms with Gasteiger partial charge in [-0.3, -0.25) is 14.4 Å². The van der Waals surface area contributed by atoms with Crippen molar-refractivity contribution in [1.29, 1.82) is 0 Å². The summed E-state index contributed by atoms with van der Waals surface area (Å²) in [6, 6.07) is 3.44. The minimum atomic E-state index is -1.27. The zero-order valence-electron chi connectivity index (χ0n) is 13.5. The number of rotatable bonds is 3. The maximum atomic E-state index is 12.5. The Labute approximate surface area is 156 Å². The van der Waals surface area contributed by atoms with Crippen molar-refractivity contribution in [3.8, 4) is 5.75 Å². The minimum absolute atomic E-state index is 0.283.